The lowest BCUT2D eigenvalue weighted by Gasteiger charge is -2.29. The first-order chi connectivity index (χ1) is 10.1. The lowest BCUT2D eigenvalue weighted by Crippen LogP contribution is -2.43. The number of terminal acetylenes is 1. The zero-order valence-electron chi connectivity index (χ0n) is 12.0. The Bertz CT molecular complexity index is 575. The van der Waals surface area contributed by atoms with Crippen LogP contribution in [0.5, 0.6) is 0 Å². The first kappa shape index (κ1) is 15.8. The molecule has 0 aliphatic carbocycles. The Morgan fingerprint density at radius 3 is 2.95 bits per heavy atom. The van der Waals surface area contributed by atoms with E-state index in [4.69, 9.17) is 22.8 Å². The Balaban J connectivity index is 2.06. The molecule has 1 aromatic rings. The fourth-order valence-electron chi connectivity index (χ4n) is 2.26. The summed E-state index contributed by atoms with van der Waals surface area (Å²) in [5.41, 5.74) is 0.0527. The Hall–Kier alpha value is -1.55. The van der Waals surface area contributed by atoms with Crippen molar-refractivity contribution in [2.45, 2.75) is 19.5 Å². The maximum atomic E-state index is 12.2. The van der Waals surface area contributed by atoms with Gasteiger partial charge in [-0.15, -0.1) is 6.42 Å². The second kappa shape index (κ2) is 7.46. The number of aromatic nitrogens is 2. The molecule has 114 valence electrons. The van der Waals surface area contributed by atoms with Crippen molar-refractivity contribution < 1.29 is 4.74 Å². The van der Waals surface area contributed by atoms with Gasteiger partial charge in [0.05, 0.1) is 24.4 Å². The molecule has 1 N–H and O–H groups in total. The second-order valence-corrected chi connectivity index (χ2v) is 5.40. The molecule has 0 amide bonds. The number of nitrogens with zero attached hydrogens (tertiary/aromatic N) is 3. The standard InChI is InChI=1S/C14H19ClN4O2/c1-3-4-19-14(20)13(12(15)9-16-19)17-11(2)10-18-5-7-21-8-6-18/h1,9,11,17H,4-8,10H2,2H3. The van der Waals surface area contributed by atoms with Gasteiger partial charge in [-0.2, -0.15) is 5.10 Å². The maximum Gasteiger partial charge on any atom is 0.292 e. The molecule has 0 aromatic carbocycles. The molecule has 1 fully saturated rings. The van der Waals surface area contributed by atoms with Crippen LogP contribution in [0, 0.1) is 12.3 Å². The quantitative estimate of drug-likeness (QED) is 0.810. The van der Waals surface area contributed by atoms with Gasteiger partial charge >= 0.3 is 0 Å². The van der Waals surface area contributed by atoms with Gasteiger partial charge < -0.3 is 10.1 Å². The molecule has 2 rings (SSSR count). The summed E-state index contributed by atoms with van der Waals surface area (Å²) in [6, 6.07) is 0.0787. The molecule has 1 aliphatic rings. The van der Waals surface area contributed by atoms with Crippen molar-refractivity contribution in [1.29, 1.82) is 0 Å². The summed E-state index contributed by atoms with van der Waals surface area (Å²) in [5, 5.41) is 7.39. The summed E-state index contributed by atoms with van der Waals surface area (Å²) in [6.07, 6.45) is 6.66. The molecule has 1 aromatic heterocycles. The van der Waals surface area contributed by atoms with Crippen LogP contribution in [0.15, 0.2) is 11.0 Å². The van der Waals surface area contributed by atoms with Gasteiger partial charge in [0.25, 0.3) is 5.56 Å². The highest BCUT2D eigenvalue weighted by molar-refractivity contribution is 6.33. The summed E-state index contributed by atoms with van der Waals surface area (Å²) >= 11 is 6.06. The molecule has 0 saturated carbocycles. The predicted octanol–water partition coefficient (Wildman–Crippen LogP) is 0.662. The first-order valence-corrected chi connectivity index (χ1v) is 7.25. The highest BCUT2D eigenvalue weighted by atomic mass is 35.5. The molecule has 1 aliphatic heterocycles. The Labute approximate surface area is 129 Å². The molecule has 0 radical (unpaired) electrons. The van der Waals surface area contributed by atoms with E-state index in [2.05, 4.69) is 21.2 Å². The molecule has 21 heavy (non-hydrogen) atoms. The van der Waals surface area contributed by atoms with Crippen molar-refractivity contribution in [1.82, 2.24) is 14.7 Å². The van der Waals surface area contributed by atoms with Crippen molar-refractivity contribution in [2.24, 2.45) is 0 Å². The monoisotopic (exact) mass is 310 g/mol. The molecule has 1 unspecified atom stereocenters. The predicted molar refractivity (Wildman–Crippen MR) is 82.7 cm³/mol. The third-order valence-electron chi connectivity index (χ3n) is 3.27. The molecule has 6 nitrogen and oxygen atoms in total. The van der Waals surface area contributed by atoms with Crippen LogP contribution in [-0.4, -0.2) is 53.6 Å². The third kappa shape index (κ3) is 4.21. The van der Waals surface area contributed by atoms with E-state index < -0.39 is 0 Å². The lowest BCUT2D eigenvalue weighted by molar-refractivity contribution is 0.0368. The van der Waals surface area contributed by atoms with Gasteiger partial charge in [0.15, 0.2) is 0 Å². The van der Waals surface area contributed by atoms with Crippen LogP contribution in [0.4, 0.5) is 5.69 Å². The van der Waals surface area contributed by atoms with Crippen LogP contribution in [0.1, 0.15) is 6.92 Å². The molecule has 0 spiro atoms. The largest absolute Gasteiger partial charge is 0.379 e. The molecule has 1 saturated heterocycles. The minimum atomic E-state index is -0.297. The van der Waals surface area contributed by atoms with E-state index in [1.54, 1.807) is 0 Å². The van der Waals surface area contributed by atoms with E-state index in [1.165, 1.54) is 10.9 Å². The average Bonchev–Trinajstić information content (AvgIpc) is 2.48. The van der Waals surface area contributed by atoms with E-state index in [-0.39, 0.29) is 18.1 Å². The summed E-state index contributed by atoms with van der Waals surface area (Å²) in [6.45, 7) is 6.25. The summed E-state index contributed by atoms with van der Waals surface area (Å²) in [7, 11) is 0. The number of rotatable bonds is 5. The van der Waals surface area contributed by atoms with Gasteiger partial charge in [-0.1, -0.05) is 17.5 Å². The molecule has 1 atom stereocenters. The Kier molecular flexibility index (Phi) is 5.62. The van der Waals surface area contributed by atoms with E-state index in [1.807, 2.05) is 6.92 Å². The fourth-order valence-corrected chi connectivity index (χ4v) is 2.44. The highest BCUT2D eigenvalue weighted by Crippen LogP contribution is 2.16. The Morgan fingerprint density at radius 1 is 1.57 bits per heavy atom. The summed E-state index contributed by atoms with van der Waals surface area (Å²) < 4.78 is 6.53. The van der Waals surface area contributed by atoms with Gasteiger partial charge in [0, 0.05) is 25.7 Å². The van der Waals surface area contributed by atoms with Crippen molar-refractivity contribution in [3.8, 4) is 12.3 Å². The number of hydrogen-bond donors (Lipinski definition) is 1. The van der Waals surface area contributed by atoms with E-state index in [9.17, 15) is 4.79 Å². The van der Waals surface area contributed by atoms with Crippen LogP contribution in [-0.2, 0) is 11.3 Å². The van der Waals surface area contributed by atoms with Crippen LogP contribution in [0.2, 0.25) is 5.02 Å². The second-order valence-electron chi connectivity index (χ2n) is 4.99. The van der Waals surface area contributed by atoms with Crippen LogP contribution >= 0.6 is 11.6 Å². The van der Waals surface area contributed by atoms with Crippen LogP contribution in [0.25, 0.3) is 0 Å². The summed E-state index contributed by atoms with van der Waals surface area (Å²) in [4.78, 5) is 14.5. The van der Waals surface area contributed by atoms with E-state index in [0.29, 0.717) is 10.7 Å². The number of nitrogens with one attached hydrogen (secondary N) is 1. The minimum absolute atomic E-state index is 0.0787. The third-order valence-corrected chi connectivity index (χ3v) is 3.55. The highest BCUT2D eigenvalue weighted by Gasteiger charge is 2.16. The SMILES string of the molecule is C#CCn1ncc(Cl)c(NC(C)CN2CCOCC2)c1=O. The van der Waals surface area contributed by atoms with Crippen molar-refractivity contribution in [3.63, 3.8) is 0 Å². The zero-order chi connectivity index (χ0) is 15.2. The van der Waals surface area contributed by atoms with Gasteiger partial charge in [0.2, 0.25) is 0 Å². The smallest absolute Gasteiger partial charge is 0.292 e. The molecule has 7 heteroatoms. The number of morpholine rings is 1. The van der Waals surface area contributed by atoms with Gasteiger partial charge in [0.1, 0.15) is 12.2 Å². The molecule has 2 heterocycles. The van der Waals surface area contributed by atoms with E-state index >= 15 is 0 Å². The van der Waals surface area contributed by atoms with Crippen molar-refractivity contribution in [2.75, 3.05) is 38.2 Å². The topological polar surface area (TPSA) is 59.4 Å². The number of ether oxygens (including phenoxy) is 1. The fraction of sp³-hybridized carbons (Fsp3) is 0.571. The number of hydrogen-bond acceptors (Lipinski definition) is 5. The minimum Gasteiger partial charge on any atom is -0.379 e. The summed E-state index contributed by atoms with van der Waals surface area (Å²) in [5.74, 6) is 2.40. The van der Waals surface area contributed by atoms with Gasteiger partial charge in [-0.25, -0.2) is 4.68 Å². The van der Waals surface area contributed by atoms with Crippen molar-refractivity contribution in [3.05, 3.63) is 21.6 Å². The molecule has 0 bridgehead atoms. The van der Waals surface area contributed by atoms with E-state index in [0.717, 1.165) is 32.8 Å². The first-order valence-electron chi connectivity index (χ1n) is 6.87. The normalized spacial score (nSPS) is 17.2. The zero-order valence-corrected chi connectivity index (χ0v) is 12.8. The molecular formula is C14H19ClN4O2. The number of halogens is 1. The van der Waals surface area contributed by atoms with Gasteiger partial charge in [-0.05, 0) is 6.92 Å². The number of anilines is 1. The lowest BCUT2D eigenvalue weighted by atomic mass is 10.2. The molecular weight excluding hydrogens is 292 g/mol. The van der Waals surface area contributed by atoms with Crippen LogP contribution in [0.3, 0.4) is 0 Å². The average molecular weight is 311 g/mol. The van der Waals surface area contributed by atoms with Crippen LogP contribution < -0.4 is 10.9 Å². The Morgan fingerprint density at radius 2 is 2.29 bits per heavy atom. The van der Waals surface area contributed by atoms with Crippen molar-refractivity contribution >= 4 is 17.3 Å². The van der Waals surface area contributed by atoms with Gasteiger partial charge in [-0.3, -0.25) is 9.69 Å². The maximum absolute atomic E-state index is 12.2.